The van der Waals surface area contributed by atoms with Crippen LogP contribution in [0.25, 0.3) is 0 Å². The van der Waals surface area contributed by atoms with E-state index in [0.717, 1.165) is 41.4 Å². The first-order valence-electron chi connectivity index (χ1n) is 13.0. The van der Waals surface area contributed by atoms with Crippen molar-refractivity contribution in [1.82, 2.24) is 0 Å². The molecule has 4 aliphatic carbocycles. The lowest BCUT2D eigenvalue weighted by Gasteiger charge is -2.61. The van der Waals surface area contributed by atoms with E-state index in [0.29, 0.717) is 16.9 Å². The Morgan fingerprint density at radius 1 is 0.828 bits per heavy atom. The van der Waals surface area contributed by atoms with Crippen LogP contribution in [0.15, 0.2) is 0 Å². The molecule has 0 spiro atoms. The molecule has 170 valence electrons. The molecule has 0 bridgehead atoms. The smallest absolute Gasteiger partial charge is 0.00418 e. The zero-order chi connectivity index (χ0) is 20.1. The van der Waals surface area contributed by atoms with Crippen LogP contribution in [0.3, 0.4) is 0 Å². The summed E-state index contributed by atoms with van der Waals surface area (Å²) in [5.74, 6) is 6.79. The number of fused-ring (bicyclic) bond motifs is 5. The van der Waals surface area contributed by atoms with Gasteiger partial charge in [0.2, 0.25) is 0 Å². The van der Waals surface area contributed by atoms with Gasteiger partial charge in [-0.1, -0.05) is 53.9 Å². The lowest BCUT2D eigenvalue weighted by molar-refractivity contribution is -0.116. The summed E-state index contributed by atoms with van der Waals surface area (Å²) in [4.78, 5) is 0. The Morgan fingerprint density at radius 3 is 2.24 bits per heavy atom. The fourth-order valence-corrected chi connectivity index (χ4v) is 9.32. The van der Waals surface area contributed by atoms with E-state index in [1.807, 2.05) is 0 Å². The Morgan fingerprint density at radius 2 is 1.52 bits per heavy atom. The first kappa shape index (κ1) is 23.9. The third-order valence-electron chi connectivity index (χ3n) is 10.9. The second-order valence-corrected chi connectivity index (χ2v) is 12.7. The summed E-state index contributed by atoms with van der Waals surface area (Å²) in [6, 6.07) is 0.492. The van der Waals surface area contributed by atoms with E-state index in [1.54, 1.807) is 0 Å². The van der Waals surface area contributed by atoms with Crippen molar-refractivity contribution >= 4 is 12.4 Å². The maximum Gasteiger partial charge on any atom is 0.00418 e. The number of rotatable bonds is 5. The van der Waals surface area contributed by atoms with E-state index < -0.39 is 0 Å². The molecule has 0 radical (unpaired) electrons. The van der Waals surface area contributed by atoms with E-state index in [4.69, 9.17) is 5.73 Å². The molecule has 4 saturated carbocycles. The molecular formula is C27H50ClN. The molecule has 0 amide bonds. The zero-order valence-electron chi connectivity index (χ0n) is 20.1. The first-order chi connectivity index (χ1) is 13.3. The molecule has 1 nitrogen and oxygen atoms in total. The molecule has 0 aliphatic heterocycles. The minimum atomic E-state index is 0. The van der Waals surface area contributed by atoms with Crippen molar-refractivity contribution in [1.29, 1.82) is 0 Å². The summed E-state index contributed by atoms with van der Waals surface area (Å²) in [6.45, 7) is 12.8. The monoisotopic (exact) mass is 423 g/mol. The van der Waals surface area contributed by atoms with Crippen LogP contribution in [0.2, 0.25) is 0 Å². The lowest BCUT2D eigenvalue weighted by Crippen LogP contribution is -2.54. The molecule has 29 heavy (non-hydrogen) atoms. The largest absolute Gasteiger partial charge is 0.328 e. The van der Waals surface area contributed by atoms with E-state index in [2.05, 4.69) is 34.6 Å². The molecule has 4 rings (SSSR count). The summed E-state index contributed by atoms with van der Waals surface area (Å²) in [5, 5.41) is 0. The topological polar surface area (TPSA) is 26.0 Å². The number of nitrogens with two attached hydrogens (primary N) is 1. The third-order valence-corrected chi connectivity index (χ3v) is 10.9. The van der Waals surface area contributed by atoms with Crippen molar-refractivity contribution < 1.29 is 0 Å². The second-order valence-electron chi connectivity index (χ2n) is 12.7. The van der Waals surface area contributed by atoms with Crippen LogP contribution in [-0.4, -0.2) is 6.04 Å². The lowest BCUT2D eigenvalue weighted by atomic mass is 9.44. The minimum Gasteiger partial charge on any atom is -0.328 e. The Bertz CT molecular complexity index is 547. The SMILES string of the molecule is CC(C)CCC[C@@H](C)[C@H]1CC[C@H]2[C@@H]3CCC4C[C@@H](N)CC[C@]4(C)[C@H]3CC[C@]12C.Cl. The Kier molecular flexibility index (Phi) is 7.43. The Balaban J connectivity index is 0.00000240. The van der Waals surface area contributed by atoms with Crippen LogP contribution in [0.4, 0.5) is 0 Å². The molecule has 0 aromatic heterocycles. The van der Waals surface area contributed by atoms with E-state index >= 15 is 0 Å². The molecule has 2 N–H and O–H groups in total. The first-order valence-corrected chi connectivity index (χ1v) is 13.0. The van der Waals surface area contributed by atoms with Crippen LogP contribution in [0, 0.1) is 52.3 Å². The van der Waals surface area contributed by atoms with Gasteiger partial charge in [0.1, 0.15) is 0 Å². The zero-order valence-corrected chi connectivity index (χ0v) is 20.9. The van der Waals surface area contributed by atoms with E-state index in [-0.39, 0.29) is 12.4 Å². The van der Waals surface area contributed by atoms with Gasteiger partial charge < -0.3 is 5.73 Å². The molecule has 1 unspecified atom stereocenters. The van der Waals surface area contributed by atoms with Gasteiger partial charge in [0, 0.05) is 6.04 Å². The fourth-order valence-electron chi connectivity index (χ4n) is 9.32. The highest BCUT2D eigenvalue weighted by Gasteiger charge is 2.60. The van der Waals surface area contributed by atoms with Crippen LogP contribution in [0.5, 0.6) is 0 Å². The number of halogens is 1. The molecule has 0 heterocycles. The van der Waals surface area contributed by atoms with Crippen molar-refractivity contribution in [2.75, 3.05) is 0 Å². The maximum absolute atomic E-state index is 6.39. The Labute approximate surface area is 188 Å². The van der Waals surface area contributed by atoms with Crippen molar-refractivity contribution in [3.05, 3.63) is 0 Å². The van der Waals surface area contributed by atoms with Crippen LogP contribution < -0.4 is 5.73 Å². The summed E-state index contributed by atoms with van der Waals surface area (Å²) in [6.07, 6.45) is 17.5. The van der Waals surface area contributed by atoms with Crippen LogP contribution in [0.1, 0.15) is 112 Å². The quantitative estimate of drug-likeness (QED) is 0.478. The summed E-state index contributed by atoms with van der Waals surface area (Å²) in [5.41, 5.74) is 7.64. The van der Waals surface area contributed by atoms with Crippen LogP contribution in [-0.2, 0) is 0 Å². The van der Waals surface area contributed by atoms with Crippen molar-refractivity contribution in [3.63, 3.8) is 0 Å². The van der Waals surface area contributed by atoms with Gasteiger partial charge in [0.15, 0.2) is 0 Å². The summed E-state index contributed by atoms with van der Waals surface area (Å²) >= 11 is 0. The molecule has 0 aromatic carbocycles. The van der Waals surface area contributed by atoms with Crippen molar-refractivity contribution in [2.24, 2.45) is 58.0 Å². The predicted molar refractivity (Wildman–Crippen MR) is 128 cm³/mol. The van der Waals surface area contributed by atoms with Gasteiger partial charge in [0.05, 0.1) is 0 Å². The van der Waals surface area contributed by atoms with Crippen molar-refractivity contribution in [2.45, 2.75) is 118 Å². The molecule has 9 atom stereocenters. The Hall–Kier alpha value is 0.250. The fraction of sp³-hybridized carbons (Fsp3) is 1.00. The molecule has 4 aliphatic rings. The highest BCUT2D eigenvalue weighted by atomic mass is 35.5. The minimum absolute atomic E-state index is 0. The van der Waals surface area contributed by atoms with Gasteiger partial charge in [-0.3, -0.25) is 0 Å². The van der Waals surface area contributed by atoms with Gasteiger partial charge in [-0.2, -0.15) is 0 Å². The van der Waals surface area contributed by atoms with Crippen molar-refractivity contribution in [3.8, 4) is 0 Å². The van der Waals surface area contributed by atoms with E-state index in [1.165, 1.54) is 77.0 Å². The van der Waals surface area contributed by atoms with Gasteiger partial charge in [-0.25, -0.2) is 0 Å². The third kappa shape index (κ3) is 4.18. The second kappa shape index (κ2) is 9.01. The number of hydrogen-bond acceptors (Lipinski definition) is 1. The van der Waals surface area contributed by atoms with Gasteiger partial charge in [-0.15, -0.1) is 12.4 Å². The molecule has 0 aromatic rings. The standard InChI is InChI=1S/C27H49N.ClH/c1-18(2)7-6-8-19(3)23-11-12-24-22-10-9-20-17-21(28)13-15-26(20,4)25(22)14-16-27(23,24)5;/h18-25H,6-17,28H2,1-5H3;1H/t19-,20?,21+,22+,23-,24+,25+,26+,27-;/m1./s1. The highest BCUT2D eigenvalue weighted by molar-refractivity contribution is 5.85. The predicted octanol–water partition coefficient (Wildman–Crippen LogP) is 7.86. The highest BCUT2D eigenvalue weighted by Crippen LogP contribution is 2.68. The number of hydrogen-bond donors (Lipinski definition) is 1. The van der Waals surface area contributed by atoms with E-state index in [9.17, 15) is 0 Å². The molecule has 0 saturated heterocycles. The average molecular weight is 424 g/mol. The summed E-state index contributed by atoms with van der Waals surface area (Å²) < 4.78 is 0. The average Bonchev–Trinajstić information content (AvgIpc) is 2.99. The molecule has 4 fully saturated rings. The maximum atomic E-state index is 6.39. The van der Waals surface area contributed by atoms with Gasteiger partial charge >= 0.3 is 0 Å². The summed E-state index contributed by atoms with van der Waals surface area (Å²) in [7, 11) is 0. The molecule has 2 heteroatoms. The normalized spacial score (nSPS) is 47.7. The van der Waals surface area contributed by atoms with Gasteiger partial charge in [0.25, 0.3) is 0 Å². The van der Waals surface area contributed by atoms with Gasteiger partial charge in [-0.05, 0) is 110 Å². The molecular weight excluding hydrogens is 374 g/mol. The van der Waals surface area contributed by atoms with Crippen LogP contribution >= 0.6 is 12.4 Å².